The van der Waals surface area contributed by atoms with Gasteiger partial charge < -0.3 is 24.3 Å². The van der Waals surface area contributed by atoms with Crippen LogP contribution in [0.1, 0.15) is 50.5 Å². The van der Waals surface area contributed by atoms with Crippen LogP contribution < -0.4 is 0 Å². The van der Waals surface area contributed by atoms with Crippen molar-refractivity contribution < 1.29 is 29.0 Å². The van der Waals surface area contributed by atoms with E-state index in [0.717, 1.165) is 24.8 Å². The molecule has 1 aliphatic rings. The number of hydrogen-bond donors (Lipinski definition) is 2. The zero-order chi connectivity index (χ0) is 18.8. The maximum absolute atomic E-state index is 12.2. The van der Waals surface area contributed by atoms with Crippen molar-refractivity contribution in [2.45, 2.75) is 63.5 Å². The SMILES string of the molecule is O=C(O)CCOCCCN1C(=O)CCC[C@@H]1CCC(O)Cc1ccoc1. The summed E-state index contributed by atoms with van der Waals surface area (Å²) in [5.74, 6) is -0.707. The third kappa shape index (κ3) is 7.17. The molecule has 1 aromatic rings. The summed E-state index contributed by atoms with van der Waals surface area (Å²) in [5.41, 5.74) is 0.979. The molecule has 146 valence electrons. The number of nitrogens with zero attached hydrogens (tertiary/aromatic N) is 1. The first-order chi connectivity index (χ1) is 12.6. The van der Waals surface area contributed by atoms with Crippen LogP contribution in [0, 0.1) is 0 Å². The summed E-state index contributed by atoms with van der Waals surface area (Å²) in [6.45, 7) is 1.27. The van der Waals surface area contributed by atoms with Gasteiger partial charge in [-0.15, -0.1) is 0 Å². The number of carbonyl (C=O) groups is 2. The largest absolute Gasteiger partial charge is 0.481 e. The Morgan fingerprint density at radius 3 is 3.00 bits per heavy atom. The highest BCUT2D eigenvalue weighted by atomic mass is 16.5. The van der Waals surface area contributed by atoms with E-state index in [0.29, 0.717) is 38.8 Å². The van der Waals surface area contributed by atoms with E-state index in [1.54, 1.807) is 12.5 Å². The molecular weight excluding hydrogens is 338 g/mol. The van der Waals surface area contributed by atoms with Gasteiger partial charge in [0, 0.05) is 32.0 Å². The quantitative estimate of drug-likeness (QED) is 0.550. The predicted octanol–water partition coefficient (Wildman–Crippen LogP) is 2.23. The van der Waals surface area contributed by atoms with Crippen molar-refractivity contribution >= 4 is 11.9 Å². The second kappa shape index (κ2) is 11.0. The van der Waals surface area contributed by atoms with Gasteiger partial charge >= 0.3 is 5.97 Å². The lowest BCUT2D eigenvalue weighted by atomic mass is 9.94. The number of piperidine rings is 1. The number of likely N-dealkylation sites (tertiary alicyclic amines) is 1. The lowest BCUT2D eigenvalue weighted by Crippen LogP contribution is -2.44. The number of hydrogen-bond acceptors (Lipinski definition) is 5. The van der Waals surface area contributed by atoms with Gasteiger partial charge in [0.15, 0.2) is 0 Å². The number of furan rings is 1. The molecule has 0 radical (unpaired) electrons. The molecule has 0 aliphatic carbocycles. The van der Waals surface area contributed by atoms with Crippen molar-refractivity contribution in [3.8, 4) is 0 Å². The highest BCUT2D eigenvalue weighted by Crippen LogP contribution is 2.23. The van der Waals surface area contributed by atoms with Crippen molar-refractivity contribution in [1.29, 1.82) is 0 Å². The van der Waals surface area contributed by atoms with Crippen LogP contribution in [0.2, 0.25) is 0 Å². The Labute approximate surface area is 153 Å². The van der Waals surface area contributed by atoms with Crippen LogP contribution in [0.25, 0.3) is 0 Å². The number of carboxylic acids is 1. The van der Waals surface area contributed by atoms with Crippen LogP contribution in [-0.4, -0.2) is 58.9 Å². The van der Waals surface area contributed by atoms with Crippen molar-refractivity contribution in [2.24, 2.45) is 0 Å². The van der Waals surface area contributed by atoms with E-state index in [2.05, 4.69) is 0 Å². The van der Waals surface area contributed by atoms with E-state index >= 15 is 0 Å². The minimum absolute atomic E-state index is 0.000177. The van der Waals surface area contributed by atoms with E-state index < -0.39 is 12.1 Å². The highest BCUT2D eigenvalue weighted by molar-refractivity contribution is 5.77. The van der Waals surface area contributed by atoms with Crippen LogP contribution in [-0.2, 0) is 20.7 Å². The van der Waals surface area contributed by atoms with Gasteiger partial charge in [0.25, 0.3) is 0 Å². The number of rotatable bonds is 12. The Kier molecular flexibility index (Phi) is 8.64. The van der Waals surface area contributed by atoms with Crippen molar-refractivity contribution in [3.63, 3.8) is 0 Å². The van der Waals surface area contributed by atoms with Crippen LogP contribution in [0.15, 0.2) is 23.0 Å². The zero-order valence-electron chi connectivity index (χ0n) is 15.1. The summed E-state index contributed by atoms with van der Waals surface area (Å²) < 4.78 is 10.3. The predicted molar refractivity (Wildman–Crippen MR) is 94.7 cm³/mol. The first kappa shape index (κ1) is 20.5. The third-order valence-electron chi connectivity index (χ3n) is 4.72. The molecule has 1 fully saturated rings. The molecule has 0 aromatic carbocycles. The van der Waals surface area contributed by atoms with Gasteiger partial charge in [-0.2, -0.15) is 0 Å². The second-order valence-corrected chi connectivity index (χ2v) is 6.81. The molecule has 1 unspecified atom stereocenters. The maximum atomic E-state index is 12.2. The van der Waals surface area contributed by atoms with E-state index in [-0.39, 0.29) is 25.0 Å². The molecule has 1 amide bonds. The van der Waals surface area contributed by atoms with Crippen molar-refractivity contribution in [3.05, 3.63) is 24.2 Å². The molecular formula is C19H29NO6. The molecule has 1 aliphatic heterocycles. The minimum Gasteiger partial charge on any atom is -0.481 e. The minimum atomic E-state index is -0.870. The molecule has 7 heteroatoms. The number of ether oxygens (including phenoxy) is 1. The van der Waals surface area contributed by atoms with Crippen LogP contribution in [0.3, 0.4) is 0 Å². The lowest BCUT2D eigenvalue weighted by molar-refractivity contribution is -0.138. The summed E-state index contributed by atoms with van der Waals surface area (Å²) in [6, 6.07) is 2.01. The maximum Gasteiger partial charge on any atom is 0.305 e. The van der Waals surface area contributed by atoms with Gasteiger partial charge in [0.1, 0.15) is 0 Å². The molecule has 2 atom stereocenters. The normalized spacial score (nSPS) is 18.9. The number of amides is 1. The van der Waals surface area contributed by atoms with E-state index in [1.807, 2.05) is 11.0 Å². The van der Waals surface area contributed by atoms with Crippen molar-refractivity contribution in [1.82, 2.24) is 4.90 Å². The Hall–Kier alpha value is -1.86. The fourth-order valence-electron chi connectivity index (χ4n) is 3.37. The van der Waals surface area contributed by atoms with Crippen LogP contribution in [0.4, 0.5) is 0 Å². The number of aliphatic carboxylic acids is 1. The fraction of sp³-hybridized carbons (Fsp3) is 0.684. The van der Waals surface area contributed by atoms with E-state index in [4.69, 9.17) is 14.3 Å². The average Bonchev–Trinajstić information content (AvgIpc) is 3.10. The summed E-state index contributed by atoms with van der Waals surface area (Å²) in [7, 11) is 0. The van der Waals surface area contributed by atoms with E-state index in [9.17, 15) is 14.7 Å². The van der Waals surface area contributed by atoms with Gasteiger partial charge in [-0.25, -0.2) is 0 Å². The first-order valence-electron chi connectivity index (χ1n) is 9.34. The molecule has 2 rings (SSSR count). The Morgan fingerprint density at radius 2 is 2.27 bits per heavy atom. The third-order valence-corrected chi connectivity index (χ3v) is 4.72. The van der Waals surface area contributed by atoms with Crippen molar-refractivity contribution in [2.75, 3.05) is 19.8 Å². The topological polar surface area (TPSA) is 100 Å². The van der Waals surface area contributed by atoms with Gasteiger partial charge in [0.2, 0.25) is 5.91 Å². The Balaban J connectivity index is 1.70. The summed E-state index contributed by atoms with van der Waals surface area (Å²) >= 11 is 0. The molecule has 1 saturated heterocycles. The standard InChI is InChI=1S/C19H29NO6/c21-17(13-15-7-11-26-14-15)6-5-16-3-1-4-18(22)20(16)9-2-10-25-12-8-19(23)24/h7,11,14,16-17,21H,1-6,8-10,12-13H2,(H,23,24)/t16-,17?/m1/s1. The molecule has 0 bridgehead atoms. The smallest absolute Gasteiger partial charge is 0.305 e. The van der Waals surface area contributed by atoms with Crippen LogP contribution in [0.5, 0.6) is 0 Å². The van der Waals surface area contributed by atoms with Gasteiger partial charge in [-0.1, -0.05) is 0 Å². The monoisotopic (exact) mass is 367 g/mol. The Morgan fingerprint density at radius 1 is 1.42 bits per heavy atom. The average molecular weight is 367 g/mol. The molecule has 7 nitrogen and oxygen atoms in total. The summed E-state index contributed by atoms with van der Waals surface area (Å²) in [6.07, 6.45) is 7.93. The fourth-order valence-corrected chi connectivity index (χ4v) is 3.37. The van der Waals surface area contributed by atoms with Gasteiger partial charge in [0.05, 0.1) is 31.7 Å². The second-order valence-electron chi connectivity index (χ2n) is 6.81. The summed E-state index contributed by atoms with van der Waals surface area (Å²) in [4.78, 5) is 24.6. The molecule has 1 aromatic heterocycles. The first-order valence-corrected chi connectivity index (χ1v) is 9.34. The van der Waals surface area contributed by atoms with Gasteiger partial charge in [-0.3, -0.25) is 9.59 Å². The van der Waals surface area contributed by atoms with Gasteiger partial charge in [-0.05, 0) is 43.7 Å². The number of aliphatic hydroxyl groups excluding tert-OH is 1. The molecule has 2 heterocycles. The highest BCUT2D eigenvalue weighted by Gasteiger charge is 2.27. The lowest BCUT2D eigenvalue weighted by Gasteiger charge is -2.36. The molecule has 26 heavy (non-hydrogen) atoms. The molecule has 0 saturated carbocycles. The Bertz CT molecular complexity index is 544. The zero-order valence-corrected chi connectivity index (χ0v) is 15.1. The van der Waals surface area contributed by atoms with E-state index in [1.165, 1.54) is 0 Å². The molecule has 2 N–H and O–H groups in total. The van der Waals surface area contributed by atoms with Crippen LogP contribution >= 0.6 is 0 Å². The molecule has 0 spiro atoms. The number of carbonyl (C=O) groups excluding carboxylic acids is 1. The summed E-state index contributed by atoms with van der Waals surface area (Å²) in [5, 5.41) is 18.8. The number of aliphatic hydroxyl groups is 1. The number of carboxylic acid groups (broad SMARTS) is 1.